The van der Waals surface area contributed by atoms with Gasteiger partial charge in [0.1, 0.15) is 5.60 Å². The number of fused-ring (bicyclic) bond motifs is 1. The van der Waals surface area contributed by atoms with E-state index in [4.69, 9.17) is 4.74 Å². The number of carbonyl (C=O) groups excluding carboxylic acids is 1. The van der Waals surface area contributed by atoms with Gasteiger partial charge in [0.25, 0.3) is 0 Å². The number of ether oxygens (including phenoxy) is 1. The molecular formula is C18H18O2. The molecule has 0 radical (unpaired) electrons. The van der Waals surface area contributed by atoms with Crippen molar-refractivity contribution in [2.45, 2.75) is 32.8 Å². The van der Waals surface area contributed by atoms with Crippen LogP contribution in [0.3, 0.4) is 0 Å². The maximum absolute atomic E-state index is 12.1. The summed E-state index contributed by atoms with van der Waals surface area (Å²) in [5.41, 5.74) is 4.58. The number of rotatable bonds is 2. The number of cyclic esters (lactones) is 1. The summed E-state index contributed by atoms with van der Waals surface area (Å²) in [5, 5.41) is 0. The fourth-order valence-electron chi connectivity index (χ4n) is 2.92. The molecule has 3 rings (SSSR count). The van der Waals surface area contributed by atoms with Crippen molar-refractivity contribution in [1.29, 1.82) is 0 Å². The summed E-state index contributed by atoms with van der Waals surface area (Å²) in [6.45, 7) is 6.02. The fourth-order valence-corrected chi connectivity index (χ4v) is 2.92. The van der Waals surface area contributed by atoms with Crippen LogP contribution < -0.4 is 0 Å². The van der Waals surface area contributed by atoms with Crippen LogP contribution in [-0.2, 0) is 16.8 Å². The Morgan fingerprint density at radius 1 is 1.05 bits per heavy atom. The molecule has 0 spiro atoms. The van der Waals surface area contributed by atoms with Gasteiger partial charge in [0.15, 0.2) is 0 Å². The summed E-state index contributed by atoms with van der Waals surface area (Å²) < 4.78 is 5.70. The number of esters is 1. The van der Waals surface area contributed by atoms with E-state index in [1.807, 2.05) is 32.0 Å². The lowest BCUT2D eigenvalue weighted by atomic mass is 9.87. The quantitative estimate of drug-likeness (QED) is 0.770. The molecule has 1 atom stereocenters. The van der Waals surface area contributed by atoms with Crippen LogP contribution in [0.25, 0.3) is 0 Å². The molecule has 2 aromatic rings. The first-order chi connectivity index (χ1) is 9.49. The van der Waals surface area contributed by atoms with Crippen LogP contribution in [0.1, 0.15) is 39.5 Å². The van der Waals surface area contributed by atoms with Crippen LogP contribution in [0.5, 0.6) is 0 Å². The van der Waals surface area contributed by atoms with Crippen LogP contribution in [0.4, 0.5) is 0 Å². The molecule has 1 aliphatic rings. The maximum atomic E-state index is 12.1. The summed E-state index contributed by atoms with van der Waals surface area (Å²) in [6, 6.07) is 14.3. The van der Waals surface area contributed by atoms with Gasteiger partial charge >= 0.3 is 5.97 Å². The number of carbonyl (C=O) groups is 1. The summed E-state index contributed by atoms with van der Waals surface area (Å²) in [4.78, 5) is 12.1. The van der Waals surface area contributed by atoms with E-state index in [2.05, 4.69) is 31.2 Å². The van der Waals surface area contributed by atoms with Gasteiger partial charge in [-0.2, -0.15) is 0 Å². The van der Waals surface area contributed by atoms with Gasteiger partial charge in [-0.1, -0.05) is 48.0 Å². The number of benzene rings is 2. The first-order valence-corrected chi connectivity index (χ1v) is 6.88. The van der Waals surface area contributed by atoms with Crippen LogP contribution in [0.15, 0.2) is 42.5 Å². The minimum atomic E-state index is -0.562. The molecular weight excluding hydrogens is 248 g/mol. The highest BCUT2D eigenvalue weighted by Crippen LogP contribution is 2.40. The van der Waals surface area contributed by atoms with Crippen LogP contribution in [-0.4, -0.2) is 5.97 Å². The van der Waals surface area contributed by atoms with Crippen molar-refractivity contribution >= 4 is 5.97 Å². The smallest absolute Gasteiger partial charge is 0.339 e. The summed E-state index contributed by atoms with van der Waals surface area (Å²) >= 11 is 0. The topological polar surface area (TPSA) is 26.3 Å². The Balaban J connectivity index is 2.01. The molecule has 2 heteroatoms. The zero-order valence-corrected chi connectivity index (χ0v) is 12.1. The van der Waals surface area contributed by atoms with E-state index in [0.29, 0.717) is 6.42 Å². The highest BCUT2D eigenvalue weighted by Gasteiger charge is 2.42. The first-order valence-electron chi connectivity index (χ1n) is 6.88. The zero-order valence-electron chi connectivity index (χ0n) is 12.1. The average Bonchev–Trinajstić information content (AvgIpc) is 2.65. The summed E-state index contributed by atoms with van der Waals surface area (Å²) in [7, 11) is 0. The van der Waals surface area contributed by atoms with Crippen LogP contribution in [0, 0.1) is 13.8 Å². The van der Waals surface area contributed by atoms with E-state index < -0.39 is 5.60 Å². The predicted molar refractivity (Wildman–Crippen MR) is 78.8 cm³/mol. The molecule has 0 aliphatic carbocycles. The minimum Gasteiger partial charge on any atom is -0.450 e. The third-order valence-corrected chi connectivity index (χ3v) is 4.03. The van der Waals surface area contributed by atoms with Gasteiger partial charge in [-0.15, -0.1) is 0 Å². The van der Waals surface area contributed by atoms with Crippen LogP contribution in [0.2, 0.25) is 0 Å². The lowest BCUT2D eigenvalue weighted by Gasteiger charge is -2.24. The second-order valence-electron chi connectivity index (χ2n) is 5.78. The van der Waals surface area contributed by atoms with Crippen molar-refractivity contribution in [3.63, 3.8) is 0 Å². The second-order valence-corrected chi connectivity index (χ2v) is 5.78. The Morgan fingerprint density at radius 3 is 2.45 bits per heavy atom. The molecule has 0 saturated carbocycles. The van der Waals surface area contributed by atoms with E-state index in [1.54, 1.807) is 0 Å². The van der Waals surface area contributed by atoms with Gasteiger partial charge in [-0.3, -0.25) is 0 Å². The summed E-state index contributed by atoms with van der Waals surface area (Å²) in [5.74, 6) is -0.201. The predicted octanol–water partition coefficient (Wildman–Crippen LogP) is 3.93. The van der Waals surface area contributed by atoms with Gasteiger partial charge in [0, 0.05) is 12.0 Å². The van der Waals surface area contributed by atoms with Gasteiger partial charge in [-0.05, 0) is 31.9 Å². The van der Waals surface area contributed by atoms with Gasteiger partial charge in [-0.25, -0.2) is 4.79 Å². The van der Waals surface area contributed by atoms with E-state index in [0.717, 1.165) is 16.7 Å². The molecule has 2 aromatic carbocycles. The molecule has 20 heavy (non-hydrogen) atoms. The lowest BCUT2D eigenvalue weighted by molar-refractivity contribution is 0.00117. The average molecular weight is 266 g/mol. The summed E-state index contributed by atoms with van der Waals surface area (Å²) in [6.07, 6.45) is 0.704. The fraction of sp³-hybridized carbons (Fsp3) is 0.278. The molecule has 2 nitrogen and oxygen atoms in total. The third-order valence-electron chi connectivity index (χ3n) is 4.03. The van der Waals surface area contributed by atoms with Crippen molar-refractivity contribution in [2.24, 2.45) is 0 Å². The molecule has 0 N–H and O–H groups in total. The van der Waals surface area contributed by atoms with Crippen molar-refractivity contribution in [3.05, 3.63) is 70.3 Å². The first kappa shape index (κ1) is 12.9. The molecule has 1 unspecified atom stereocenters. The Kier molecular flexibility index (Phi) is 2.89. The molecule has 0 saturated heterocycles. The van der Waals surface area contributed by atoms with Crippen molar-refractivity contribution in [2.75, 3.05) is 0 Å². The highest BCUT2D eigenvalue weighted by molar-refractivity contribution is 5.96. The number of aryl methyl sites for hydroxylation is 2. The Labute approximate surface area is 119 Å². The Hall–Kier alpha value is -2.09. The van der Waals surface area contributed by atoms with E-state index in [9.17, 15) is 4.79 Å². The van der Waals surface area contributed by atoms with E-state index in [-0.39, 0.29) is 5.97 Å². The van der Waals surface area contributed by atoms with E-state index in [1.165, 1.54) is 11.1 Å². The van der Waals surface area contributed by atoms with E-state index >= 15 is 0 Å². The van der Waals surface area contributed by atoms with Gasteiger partial charge in [0.05, 0.1) is 5.56 Å². The van der Waals surface area contributed by atoms with Crippen molar-refractivity contribution < 1.29 is 9.53 Å². The number of hydrogen-bond acceptors (Lipinski definition) is 2. The molecule has 1 aliphatic heterocycles. The third kappa shape index (κ3) is 2.01. The molecule has 102 valence electrons. The standard InChI is InChI=1S/C18H18O2/c1-12-7-9-14(10-8-12)11-18(3)15-6-4-5-13(2)16(15)17(19)20-18/h4-10H,11H2,1-3H3. The number of hydrogen-bond donors (Lipinski definition) is 0. The monoisotopic (exact) mass is 266 g/mol. The Morgan fingerprint density at radius 2 is 1.75 bits per heavy atom. The Bertz CT molecular complexity index is 670. The largest absolute Gasteiger partial charge is 0.450 e. The lowest BCUT2D eigenvalue weighted by Crippen LogP contribution is -2.24. The highest BCUT2D eigenvalue weighted by atomic mass is 16.6. The molecule has 0 bridgehead atoms. The molecule has 0 amide bonds. The zero-order chi connectivity index (χ0) is 14.3. The van der Waals surface area contributed by atoms with Gasteiger partial charge in [0.2, 0.25) is 0 Å². The van der Waals surface area contributed by atoms with Gasteiger partial charge < -0.3 is 4.74 Å². The maximum Gasteiger partial charge on any atom is 0.339 e. The normalized spacial score (nSPS) is 20.6. The molecule has 0 fully saturated rings. The van der Waals surface area contributed by atoms with Crippen molar-refractivity contribution in [1.82, 2.24) is 0 Å². The SMILES string of the molecule is Cc1ccc(CC2(C)OC(=O)c3c(C)cccc32)cc1. The molecule has 0 aromatic heterocycles. The minimum absolute atomic E-state index is 0.201. The second kappa shape index (κ2) is 4.48. The molecule has 1 heterocycles. The van der Waals surface area contributed by atoms with Crippen LogP contribution >= 0.6 is 0 Å². The van der Waals surface area contributed by atoms with Crippen molar-refractivity contribution in [3.8, 4) is 0 Å².